The van der Waals surface area contributed by atoms with Crippen molar-refractivity contribution in [3.8, 4) is 0 Å². The van der Waals surface area contributed by atoms with Gasteiger partial charge in [0.25, 0.3) is 5.91 Å². The molecule has 0 radical (unpaired) electrons. The highest BCUT2D eigenvalue weighted by atomic mass is 19.4. The van der Waals surface area contributed by atoms with E-state index in [0.29, 0.717) is 11.5 Å². The number of benzene rings is 1. The van der Waals surface area contributed by atoms with E-state index in [1.54, 1.807) is 13.8 Å². The van der Waals surface area contributed by atoms with Crippen LogP contribution in [0.25, 0.3) is 0 Å². The van der Waals surface area contributed by atoms with E-state index in [9.17, 15) is 18.0 Å². The maximum Gasteiger partial charge on any atom is 0.416 e. The maximum atomic E-state index is 13.0. The van der Waals surface area contributed by atoms with Gasteiger partial charge in [0, 0.05) is 0 Å². The normalized spacial score (nSPS) is 13.0. The monoisotopic (exact) mass is 312 g/mol. The Morgan fingerprint density at radius 3 is 2.45 bits per heavy atom. The molecular weight excluding hydrogens is 297 g/mol. The molecule has 7 heteroatoms. The van der Waals surface area contributed by atoms with Crippen molar-refractivity contribution < 1.29 is 22.5 Å². The van der Waals surface area contributed by atoms with Crippen LogP contribution in [0.5, 0.6) is 0 Å². The SMILES string of the molecule is Cc1noc(C)c1C(=O)N[C@@H](C)c1ccccc1C(F)(F)F. The Morgan fingerprint density at radius 1 is 1.27 bits per heavy atom. The van der Waals surface area contributed by atoms with Crippen molar-refractivity contribution in [2.45, 2.75) is 33.0 Å². The number of amides is 1. The number of aryl methyl sites for hydroxylation is 2. The van der Waals surface area contributed by atoms with Gasteiger partial charge in [0.2, 0.25) is 0 Å². The van der Waals surface area contributed by atoms with E-state index in [4.69, 9.17) is 4.52 Å². The second-order valence-electron chi connectivity index (χ2n) is 4.98. The third-order valence-corrected chi connectivity index (χ3v) is 3.34. The number of hydrogen-bond donors (Lipinski definition) is 1. The first-order valence-corrected chi connectivity index (χ1v) is 6.61. The van der Waals surface area contributed by atoms with Crippen LogP contribution in [0, 0.1) is 13.8 Å². The van der Waals surface area contributed by atoms with Gasteiger partial charge in [0.1, 0.15) is 11.3 Å². The zero-order chi connectivity index (χ0) is 16.5. The lowest BCUT2D eigenvalue weighted by molar-refractivity contribution is -0.138. The lowest BCUT2D eigenvalue weighted by Gasteiger charge is -2.19. The van der Waals surface area contributed by atoms with E-state index in [0.717, 1.165) is 6.07 Å². The number of nitrogens with one attached hydrogen (secondary N) is 1. The predicted octanol–water partition coefficient (Wildman–Crippen LogP) is 3.80. The highest BCUT2D eigenvalue weighted by Gasteiger charge is 2.34. The number of halogens is 3. The van der Waals surface area contributed by atoms with Crippen molar-refractivity contribution in [3.63, 3.8) is 0 Å². The molecule has 0 aliphatic carbocycles. The fourth-order valence-corrected chi connectivity index (χ4v) is 2.29. The highest BCUT2D eigenvalue weighted by molar-refractivity contribution is 5.96. The molecule has 4 nitrogen and oxygen atoms in total. The van der Waals surface area contributed by atoms with Crippen LogP contribution in [-0.4, -0.2) is 11.1 Å². The first-order valence-electron chi connectivity index (χ1n) is 6.61. The number of alkyl halides is 3. The van der Waals surface area contributed by atoms with Crippen LogP contribution in [0.15, 0.2) is 28.8 Å². The van der Waals surface area contributed by atoms with Gasteiger partial charge in [-0.3, -0.25) is 4.79 Å². The number of rotatable bonds is 3. The van der Waals surface area contributed by atoms with Crippen molar-refractivity contribution >= 4 is 5.91 Å². The summed E-state index contributed by atoms with van der Waals surface area (Å²) < 4.78 is 43.9. The molecule has 0 aliphatic heterocycles. The molecule has 0 saturated carbocycles. The van der Waals surface area contributed by atoms with Gasteiger partial charge >= 0.3 is 6.18 Å². The van der Waals surface area contributed by atoms with Crippen molar-refractivity contribution in [2.75, 3.05) is 0 Å². The summed E-state index contributed by atoms with van der Waals surface area (Å²) in [7, 11) is 0. The Bertz CT molecular complexity index is 673. The fourth-order valence-electron chi connectivity index (χ4n) is 2.29. The third kappa shape index (κ3) is 3.13. The van der Waals surface area contributed by atoms with Gasteiger partial charge in [-0.2, -0.15) is 13.2 Å². The largest absolute Gasteiger partial charge is 0.416 e. The molecule has 2 rings (SSSR count). The molecule has 118 valence electrons. The van der Waals surface area contributed by atoms with Crippen LogP contribution < -0.4 is 5.32 Å². The molecule has 1 amide bonds. The number of carbonyl (C=O) groups excluding carboxylic acids is 1. The molecule has 0 unspecified atom stereocenters. The fraction of sp³-hybridized carbons (Fsp3) is 0.333. The van der Waals surface area contributed by atoms with Gasteiger partial charge in [-0.15, -0.1) is 0 Å². The first-order chi connectivity index (χ1) is 10.2. The minimum Gasteiger partial charge on any atom is -0.361 e. The summed E-state index contributed by atoms with van der Waals surface area (Å²) in [4.78, 5) is 12.2. The van der Waals surface area contributed by atoms with Crippen molar-refractivity contribution in [1.82, 2.24) is 10.5 Å². The molecule has 1 heterocycles. The second kappa shape index (κ2) is 5.82. The summed E-state index contributed by atoms with van der Waals surface area (Å²) in [6, 6.07) is 4.35. The standard InChI is InChI=1S/C15H15F3N2O2/c1-8(11-6-4-5-7-12(11)15(16,17)18)19-14(21)13-9(2)20-22-10(13)3/h4-8H,1-3H3,(H,19,21)/t8-/m0/s1. The van der Waals surface area contributed by atoms with Crippen LogP contribution in [-0.2, 0) is 6.18 Å². The highest BCUT2D eigenvalue weighted by Crippen LogP contribution is 2.34. The molecule has 0 aliphatic rings. The van der Waals surface area contributed by atoms with E-state index in [1.807, 2.05) is 0 Å². The Balaban J connectivity index is 2.27. The average Bonchev–Trinajstić information content (AvgIpc) is 2.77. The van der Waals surface area contributed by atoms with Gasteiger partial charge in [-0.25, -0.2) is 0 Å². The van der Waals surface area contributed by atoms with Gasteiger partial charge in [-0.1, -0.05) is 23.4 Å². The maximum absolute atomic E-state index is 13.0. The first kappa shape index (κ1) is 16.1. The van der Waals surface area contributed by atoms with Crippen molar-refractivity contribution in [2.24, 2.45) is 0 Å². The lowest BCUT2D eigenvalue weighted by atomic mass is 10.0. The molecule has 22 heavy (non-hydrogen) atoms. The third-order valence-electron chi connectivity index (χ3n) is 3.34. The zero-order valence-corrected chi connectivity index (χ0v) is 12.3. The van der Waals surface area contributed by atoms with E-state index in [1.165, 1.54) is 25.1 Å². The topological polar surface area (TPSA) is 55.1 Å². The summed E-state index contributed by atoms with van der Waals surface area (Å²) in [6.07, 6.45) is -4.47. The molecule has 0 fully saturated rings. The molecule has 1 aromatic heterocycles. The van der Waals surface area contributed by atoms with Crippen LogP contribution in [0.3, 0.4) is 0 Å². The average molecular weight is 312 g/mol. The van der Waals surface area contributed by atoms with Crippen LogP contribution >= 0.6 is 0 Å². The zero-order valence-electron chi connectivity index (χ0n) is 12.3. The van der Waals surface area contributed by atoms with Gasteiger partial charge < -0.3 is 9.84 Å². The number of nitrogens with zero attached hydrogens (tertiary/aromatic N) is 1. The van der Waals surface area contributed by atoms with E-state index in [2.05, 4.69) is 10.5 Å². The number of hydrogen-bond acceptors (Lipinski definition) is 3. The summed E-state index contributed by atoms with van der Waals surface area (Å²) in [5.74, 6) is -0.188. The molecule has 1 aromatic carbocycles. The second-order valence-corrected chi connectivity index (χ2v) is 4.98. The Kier molecular flexibility index (Phi) is 4.25. The molecular formula is C15H15F3N2O2. The summed E-state index contributed by atoms with van der Waals surface area (Å²) in [5.41, 5.74) is -0.112. The Morgan fingerprint density at radius 2 is 1.91 bits per heavy atom. The van der Waals surface area contributed by atoms with Crippen molar-refractivity contribution in [3.05, 3.63) is 52.4 Å². The van der Waals surface area contributed by atoms with Crippen LogP contribution in [0.4, 0.5) is 13.2 Å². The predicted molar refractivity (Wildman–Crippen MR) is 73.3 cm³/mol. The molecule has 0 spiro atoms. The van der Waals surface area contributed by atoms with Crippen LogP contribution in [0.2, 0.25) is 0 Å². The number of carbonyl (C=O) groups is 1. The molecule has 0 bridgehead atoms. The minimum atomic E-state index is -4.47. The summed E-state index contributed by atoms with van der Waals surface area (Å²) >= 11 is 0. The van der Waals surface area contributed by atoms with E-state index >= 15 is 0 Å². The van der Waals surface area contributed by atoms with Gasteiger partial charge in [-0.05, 0) is 32.4 Å². The Labute approximate surface area is 125 Å². The Hall–Kier alpha value is -2.31. The van der Waals surface area contributed by atoms with Crippen molar-refractivity contribution in [1.29, 1.82) is 0 Å². The summed E-state index contributed by atoms with van der Waals surface area (Å²) in [6.45, 7) is 4.67. The van der Waals surface area contributed by atoms with E-state index < -0.39 is 23.7 Å². The smallest absolute Gasteiger partial charge is 0.361 e. The van der Waals surface area contributed by atoms with Gasteiger partial charge in [0.05, 0.1) is 17.3 Å². The number of aromatic nitrogens is 1. The quantitative estimate of drug-likeness (QED) is 0.938. The van der Waals surface area contributed by atoms with Crippen LogP contribution in [0.1, 0.15) is 45.9 Å². The minimum absolute atomic E-state index is 0.00936. The molecule has 1 N–H and O–H groups in total. The molecule has 0 saturated heterocycles. The summed E-state index contributed by atoms with van der Waals surface area (Å²) in [5, 5.41) is 6.21. The molecule has 2 aromatic rings. The van der Waals surface area contributed by atoms with Gasteiger partial charge in [0.15, 0.2) is 0 Å². The lowest BCUT2D eigenvalue weighted by Crippen LogP contribution is -2.29. The van der Waals surface area contributed by atoms with E-state index in [-0.39, 0.29) is 11.1 Å². The molecule has 1 atom stereocenters.